The average molecular weight is 346 g/mol. The highest BCUT2D eigenvalue weighted by Gasteiger charge is 2.10. The van der Waals surface area contributed by atoms with Crippen LogP contribution in [-0.4, -0.2) is 6.04 Å². The fourth-order valence-electron chi connectivity index (χ4n) is 2.60. The van der Waals surface area contributed by atoms with E-state index in [2.05, 4.69) is 90.5 Å². The summed E-state index contributed by atoms with van der Waals surface area (Å²) >= 11 is 3.48. The van der Waals surface area contributed by atoms with Crippen molar-refractivity contribution < 1.29 is 0 Å². The van der Waals surface area contributed by atoms with Crippen LogP contribution in [0, 0.1) is 0 Å². The fourth-order valence-corrected chi connectivity index (χ4v) is 2.86. The van der Waals surface area contributed by atoms with Crippen molar-refractivity contribution >= 4 is 15.9 Å². The molecule has 0 aliphatic carbocycles. The molecular weight excluding hydrogens is 322 g/mol. The average Bonchev–Trinajstić information content (AvgIpc) is 2.49. The molecule has 0 aromatic heterocycles. The van der Waals surface area contributed by atoms with Gasteiger partial charge < -0.3 is 5.32 Å². The Morgan fingerprint density at radius 2 is 1.48 bits per heavy atom. The molecule has 0 aliphatic heterocycles. The molecule has 0 fully saturated rings. The summed E-state index contributed by atoms with van der Waals surface area (Å²) in [5.74, 6) is 0. The van der Waals surface area contributed by atoms with E-state index in [0.29, 0.717) is 12.1 Å². The molecule has 2 aromatic carbocycles. The van der Waals surface area contributed by atoms with Gasteiger partial charge in [-0.1, -0.05) is 59.3 Å². The first-order chi connectivity index (χ1) is 10.1. The molecule has 0 amide bonds. The Hall–Kier alpha value is -1.12. The van der Waals surface area contributed by atoms with Gasteiger partial charge in [-0.2, -0.15) is 0 Å². The summed E-state index contributed by atoms with van der Waals surface area (Å²) in [6.45, 7) is 6.68. The Bertz CT molecular complexity index is 545. The van der Waals surface area contributed by atoms with Gasteiger partial charge in [0.2, 0.25) is 0 Å². The van der Waals surface area contributed by atoms with Crippen LogP contribution in [0.1, 0.15) is 43.5 Å². The van der Waals surface area contributed by atoms with Crippen LogP contribution in [0.2, 0.25) is 0 Å². The molecule has 0 aliphatic rings. The highest BCUT2D eigenvalue weighted by molar-refractivity contribution is 9.10. The topological polar surface area (TPSA) is 12.0 Å². The summed E-state index contributed by atoms with van der Waals surface area (Å²) in [7, 11) is 0. The van der Waals surface area contributed by atoms with E-state index in [1.165, 1.54) is 16.7 Å². The highest BCUT2D eigenvalue weighted by Crippen LogP contribution is 2.16. The van der Waals surface area contributed by atoms with Gasteiger partial charge in [-0.3, -0.25) is 0 Å². The first-order valence-electron chi connectivity index (χ1n) is 7.67. The maximum atomic E-state index is 3.68. The van der Waals surface area contributed by atoms with Crippen molar-refractivity contribution in [2.45, 2.75) is 45.7 Å². The van der Waals surface area contributed by atoms with Crippen molar-refractivity contribution in [2.24, 2.45) is 0 Å². The van der Waals surface area contributed by atoms with Gasteiger partial charge in [-0.15, -0.1) is 0 Å². The Balaban J connectivity index is 1.91. The molecule has 112 valence electrons. The fraction of sp³-hybridized carbons (Fsp3) is 0.368. The lowest BCUT2D eigenvalue weighted by Crippen LogP contribution is -2.30. The van der Waals surface area contributed by atoms with Gasteiger partial charge in [-0.05, 0) is 55.5 Å². The van der Waals surface area contributed by atoms with E-state index in [0.717, 1.165) is 17.3 Å². The zero-order valence-electron chi connectivity index (χ0n) is 13.1. The van der Waals surface area contributed by atoms with Crippen molar-refractivity contribution in [3.63, 3.8) is 0 Å². The molecule has 0 saturated heterocycles. The predicted molar refractivity (Wildman–Crippen MR) is 94.7 cm³/mol. The lowest BCUT2D eigenvalue weighted by atomic mass is 10.0. The second-order valence-corrected chi connectivity index (χ2v) is 6.63. The van der Waals surface area contributed by atoms with E-state index in [1.807, 2.05) is 0 Å². The Morgan fingerprint density at radius 3 is 2.05 bits per heavy atom. The van der Waals surface area contributed by atoms with E-state index in [4.69, 9.17) is 0 Å². The minimum absolute atomic E-state index is 0.376. The standard InChI is InChI=1S/C19H24BrN/c1-4-16-5-9-18(10-6-16)15(3)21-14(2)13-17-7-11-19(20)12-8-17/h5-12,14-15,21H,4,13H2,1-3H3. The minimum atomic E-state index is 0.376. The Kier molecular flexibility index (Phi) is 6.01. The normalized spacial score (nSPS) is 13.9. The van der Waals surface area contributed by atoms with Gasteiger partial charge >= 0.3 is 0 Å². The smallest absolute Gasteiger partial charge is 0.0294 e. The maximum absolute atomic E-state index is 3.68. The third kappa shape index (κ3) is 4.98. The zero-order valence-corrected chi connectivity index (χ0v) is 14.7. The molecule has 0 spiro atoms. The second kappa shape index (κ2) is 7.77. The third-order valence-electron chi connectivity index (χ3n) is 3.88. The van der Waals surface area contributed by atoms with Crippen LogP contribution in [0.5, 0.6) is 0 Å². The first-order valence-corrected chi connectivity index (χ1v) is 8.47. The Morgan fingerprint density at radius 1 is 0.905 bits per heavy atom. The van der Waals surface area contributed by atoms with Crippen LogP contribution in [0.15, 0.2) is 53.0 Å². The molecule has 2 aromatic rings. The lowest BCUT2D eigenvalue weighted by Gasteiger charge is -2.21. The molecule has 2 atom stereocenters. The number of benzene rings is 2. The summed E-state index contributed by atoms with van der Waals surface area (Å²) in [5.41, 5.74) is 4.12. The van der Waals surface area contributed by atoms with E-state index in [-0.39, 0.29) is 0 Å². The number of hydrogen-bond donors (Lipinski definition) is 1. The molecule has 1 nitrogen and oxygen atoms in total. The van der Waals surface area contributed by atoms with E-state index >= 15 is 0 Å². The summed E-state index contributed by atoms with van der Waals surface area (Å²) in [4.78, 5) is 0. The van der Waals surface area contributed by atoms with Crippen LogP contribution < -0.4 is 5.32 Å². The van der Waals surface area contributed by atoms with Crippen LogP contribution in [0.25, 0.3) is 0 Å². The quantitative estimate of drug-likeness (QED) is 0.749. The largest absolute Gasteiger partial charge is 0.307 e. The van der Waals surface area contributed by atoms with E-state index in [1.54, 1.807) is 0 Å². The van der Waals surface area contributed by atoms with Crippen molar-refractivity contribution in [1.82, 2.24) is 5.32 Å². The molecule has 0 heterocycles. The van der Waals surface area contributed by atoms with Gasteiger partial charge in [0, 0.05) is 16.6 Å². The molecule has 1 N–H and O–H groups in total. The highest BCUT2D eigenvalue weighted by atomic mass is 79.9. The van der Waals surface area contributed by atoms with Crippen LogP contribution >= 0.6 is 15.9 Å². The predicted octanol–water partition coefficient (Wildman–Crippen LogP) is 5.29. The van der Waals surface area contributed by atoms with Crippen LogP contribution in [0.3, 0.4) is 0 Å². The van der Waals surface area contributed by atoms with Gasteiger partial charge in [-0.25, -0.2) is 0 Å². The maximum Gasteiger partial charge on any atom is 0.0294 e. The molecule has 0 bridgehead atoms. The van der Waals surface area contributed by atoms with Gasteiger partial charge in [0.25, 0.3) is 0 Å². The van der Waals surface area contributed by atoms with Crippen molar-refractivity contribution in [3.8, 4) is 0 Å². The number of rotatable bonds is 6. The molecular formula is C19H24BrN. The summed E-state index contributed by atoms with van der Waals surface area (Å²) in [5, 5.41) is 3.68. The monoisotopic (exact) mass is 345 g/mol. The molecule has 0 radical (unpaired) electrons. The van der Waals surface area contributed by atoms with Crippen LogP contribution in [0.4, 0.5) is 0 Å². The summed E-state index contributed by atoms with van der Waals surface area (Å²) in [6.07, 6.45) is 2.15. The molecule has 2 unspecified atom stereocenters. The SMILES string of the molecule is CCc1ccc(C(C)NC(C)Cc2ccc(Br)cc2)cc1. The van der Waals surface area contributed by atoms with Gasteiger partial charge in [0.1, 0.15) is 0 Å². The zero-order chi connectivity index (χ0) is 15.2. The minimum Gasteiger partial charge on any atom is -0.307 e. The first kappa shape index (κ1) is 16.3. The second-order valence-electron chi connectivity index (χ2n) is 5.72. The summed E-state index contributed by atoms with van der Waals surface area (Å²) in [6, 6.07) is 18.3. The van der Waals surface area contributed by atoms with Crippen LogP contribution in [-0.2, 0) is 12.8 Å². The number of hydrogen-bond acceptors (Lipinski definition) is 1. The van der Waals surface area contributed by atoms with Gasteiger partial charge in [0.15, 0.2) is 0 Å². The molecule has 21 heavy (non-hydrogen) atoms. The van der Waals surface area contributed by atoms with Crippen molar-refractivity contribution in [3.05, 3.63) is 69.7 Å². The number of aryl methyl sites for hydroxylation is 1. The van der Waals surface area contributed by atoms with Crippen molar-refractivity contribution in [2.75, 3.05) is 0 Å². The third-order valence-corrected chi connectivity index (χ3v) is 4.41. The van der Waals surface area contributed by atoms with Crippen molar-refractivity contribution in [1.29, 1.82) is 0 Å². The summed E-state index contributed by atoms with van der Waals surface area (Å²) < 4.78 is 1.14. The molecule has 2 rings (SSSR count). The molecule has 2 heteroatoms. The number of nitrogens with one attached hydrogen (secondary N) is 1. The van der Waals surface area contributed by atoms with E-state index < -0.39 is 0 Å². The van der Waals surface area contributed by atoms with E-state index in [9.17, 15) is 0 Å². The number of halogens is 1. The molecule has 0 saturated carbocycles. The van der Waals surface area contributed by atoms with Gasteiger partial charge in [0.05, 0.1) is 0 Å². The Labute approximate surface area is 136 Å². The lowest BCUT2D eigenvalue weighted by molar-refractivity contribution is 0.477.